The molecule has 1 aromatic carbocycles. The van der Waals surface area contributed by atoms with Gasteiger partial charge in [-0.2, -0.15) is 0 Å². The quantitative estimate of drug-likeness (QED) is 0.857. The fraction of sp³-hybridized carbons (Fsp3) is 0.579. The summed E-state index contributed by atoms with van der Waals surface area (Å²) in [6, 6.07) is 10.2. The van der Waals surface area contributed by atoms with Crippen LogP contribution < -0.4 is 0 Å². The number of carbonyl (C=O) groups is 2. The summed E-state index contributed by atoms with van der Waals surface area (Å²) in [5.41, 5.74) is 1.16. The molecular formula is C19H26N2O2. The maximum absolute atomic E-state index is 12.8. The molecule has 0 radical (unpaired) electrons. The van der Waals surface area contributed by atoms with Crippen molar-refractivity contribution < 1.29 is 9.59 Å². The Morgan fingerprint density at radius 3 is 2.22 bits per heavy atom. The molecule has 124 valence electrons. The summed E-state index contributed by atoms with van der Waals surface area (Å²) in [7, 11) is 1.89. The van der Waals surface area contributed by atoms with E-state index in [1.54, 1.807) is 0 Å². The van der Waals surface area contributed by atoms with Crippen LogP contribution in [0, 0.1) is 11.8 Å². The van der Waals surface area contributed by atoms with E-state index in [-0.39, 0.29) is 23.8 Å². The van der Waals surface area contributed by atoms with E-state index in [2.05, 4.69) is 19.1 Å². The molecule has 4 heteroatoms. The van der Waals surface area contributed by atoms with Crippen LogP contribution in [0.5, 0.6) is 0 Å². The van der Waals surface area contributed by atoms with Gasteiger partial charge in [-0.3, -0.25) is 9.59 Å². The van der Waals surface area contributed by atoms with Crippen molar-refractivity contribution in [3.05, 3.63) is 35.9 Å². The molecule has 2 amide bonds. The number of amides is 2. The number of hydrogen-bond donors (Lipinski definition) is 0. The first kappa shape index (κ1) is 16.0. The fourth-order valence-corrected chi connectivity index (χ4v) is 3.37. The van der Waals surface area contributed by atoms with Gasteiger partial charge in [-0.25, -0.2) is 0 Å². The number of likely N-dealkylation sites (tertiary alicyclic amines) is 1. The lowest BCUT2D eigenvalue weighted by atomic mass is 9.94. The minimum absolute atomic E-state index is 0.0504. The second-order valence-electron chi connectivity index (χ2n) is 6.91. The summed E-state index contributed by atoms with van der Waals surface area (Å²) >= 11 is 0. The first-order valence-electron chi connectivity index (χ1n) is 8.68. The van der Waals surface area contributed by atoms with Crippen LogP contribution in [0.15, 0.2) is 30.3 Å². The van der Waals surface area contributed by atoms with E-state index in [1.807, 2.05) is 35.0 Å². The summed E-state index contributed by atoms with van der Waals surface area (Å²) in [6.45, 7) is 3.54. The topological polar surface area (TPSA) is 40.6 Å². The second-order valence-corrected chi connectivity index (χ2v) is 6.91. The van der Waals surface area contributed by atoms with Crippen molar-refractivity contribution in [2.24, 2.45) is 11.8 Å². The van der Waals surface area contributed by atoms with Crippen molar-refractivity contribution >= 4 is 11.8 Å². The lowest BCUT2D eigenvalue weighted by Gasteiger charge is -2.35. The zero-order valence-corrected chi connectivity index (χ0v) is 14.1. The van der Waals surface area contributed by atoms with Crippen LogP contribution >= 0.6 is 0 Å². The lowest BCUT2D eigenvalue weighted by Crippen LogP contribution is -2.44. The van der Waals surface area contributed by atoms with E-state index < -0.39 is 0 Å². The normalized spacial score (nSPS) is 20.2. The van der Waals surface area contributed by atoms with Crippen LogP contribution in [0.2, 0.25) is 0 Å². The molecule has 1 saturated carbocycles. The first-order chi connectivity index (χ1) is 11.1. The molecular weight excluding hydrogens is 288 g/mol. The molecule has 4 nitrogen and oxygen atoms in total. The summed E-state index contributed by atoms with van der Waals surface area (Å²) in [5.74, 6) is 0.847. The van der Waals surface area contributed by atoms with Gasteiger partial charge in [0.2, 0.25) is 11.8 Å². The highest BCUT2D eigenvalue weighted by Crippen LogP contribution is 2.33. The van der Waals surface area contributed by atoms with E-state index in [0.29, 0.717) is 5.91 Å². The van der Waals surface area contributed by atoms with E-state index in [0.717, 1.165) is 44.3 Å². The number of nitrogens with zero attached hydrogens (tertiary/aromatic N) is 2. The maximum Gasteiger partial charge on any atom is 0.226 e. The Balaban J connectivity index is 1.55. The van der Waals surface area contributed by atoms with Crippen molar-refractivity contribution in [2.75, 3.05) is 20.1 Å². The van der Waals surface area contributed by atoms with Gasteiger partial charge in [-0.1, -0.05) is 30.3 Å². The van der Waals surface area contributed by atoms with E-state index in [4.69, 9.17) is 0 Å². The minimum Gasteiger partial charge on any atom is -0.342 e. The highest BCUT2D eigenvalue weighted by molar-refractivity contribution is 5.82. The third-order valence-electron chi connectivity index (χ3n) is 5.29. The van der Waals surface area contributed by atoms with E-state index >= 15 is 0 Å². The van der Waals surface area contributed by atoms with Crippen LogP contribution in [-0.4, -0.2) is 41.8 Å². The van der Waals surface area contributed by atoms with Crippen molar-refractivity contribution in [2.45, 2.75) is 38.6 Å². The number of hydrogen-bond acceptors (Lipinski definition) is 2. The Morgan fingerprint density at radius 1 is 1.04 bits per heavy atom. The van der Waals surface area contributed by atoms with Gasteiger partial charge in [0.1, 0.15) is 0 Å². The Morgan fingerprint density at radius 2 is 1.65 bits per heavy atom. The van der Waals surface area contributed by atoms with Crippen molar-refractivity contribution in [3.8, 4) is 0 Å². The van der Waals surface area contributed by atoms with Crippen LogP contribution in [0.25, 0.3) is 0 Å². The molecule has 2 aliphatic rings. The fourth-order valence-electron chi connectivity index (χ4n) is 3.37. The Labute approximate surface area is 138 Å². The smallest absolute Gasteiger partial charge is 0.226 e. The van der Waals surface area contributed by atoms with Crippen molar-refractivity contribution in [1.29, 1.82) is 0 Å². The van der Waals surface area contributed by atoms with Crippen LogP contribution in [0.3, 0.4) is 0 Å². The zero-order chi connectivity index (χ0) is 16.4. The number of rotatable bonds is 4. The third kappa shape index (κ3) is 3.57. The van der Waals surface area contributed by atoms with Gasteiger partial charge in [0.25, 0.3) is 0 Å². The van der Waals surface area contributed by atoms with Gasteiger partial charge in [0.05, 0.1) is 6.04 Å². The Bertz CT molecular complexity index is 560. The van der Waals surface area contributed by atoms with Gasteiger partial charge in [0, 0.05) is 32.0 Å². The first-order valence-corrected chi connectivity index (χ1v) is 8.68. The molecule has 0 bridgehead atoms. The summed E-state index contributed by atoms with van der Waals surface area (Å²) in [4.78, 5) is 28.7. The van der Waals surface area contributed by atoms with Gasteiger partial charge < -0.3 is 9.80 Å². The van der Waals surface area contributed by atoms with Crippen molar-refractivity contribution in [1.82, 2.24) is 9.80 Å². The molecule has 0 aromatic heterocycles. The average Bonchev–Trinajstić information content (AvgIpc) is 3.45. The largest absolute Gasteiger partial charge is 0.342 e. The van der Waals surface area contributed by atoms with Gasteiger partial charge in [0.15, 0.2) is 0 Å². The molecule has 1 unspecified atom stereocenters. The molecule has 1 atom stereocenters. The monoisotopic (exact) mass is 314 g/mol. The molecule has 2 fully saturated rings. The summed E-state index contributed by atoms with van der Waals surface area (Å²) in [6.07, 6.45) is 3.69. The highest BCUT2D eigenvalue weighted by Gasteiger charge is 2.36. The van der Waals surface area contributed by atoms with Crippen LogP contribution in [0.1, 0.15) is 44.2 Å². The second kappa shape index (κ2) is 6.73. The Hall–Kier alpha value is -1.84. The Kier molecular flexibility index (Phi) is 4.69. The van der Waals surface area contributed by atoms with Gasteiger partial charge >= 0.3 is 0 Å². The zero-order valence-electron chi connectivity index (χ0n) is 14.1. The van der Waals surface area contributed by atoms with Gasteiger partial charge in [-0.15, -0.1) is 0 Å². The average molecular weight is 314 g/mol. The SMILES string of the molecule is CC(c1ccccc1)N(C)C(=O)C1CCN(C(=O)C2CC2)CC1. The van der Waals surface area contributed by atoms with Crippen LogP contribution in [0.4, 0.5) is 0 Å². The van der Waals surface area contributed by atoms with Gasteiger partial charge in [-0.05, 0) is 38.2 Å². The molecule has 1 aliphatic heterocycles. The van der Waals surface area contributed by atoms with E-state index in [9.17, 15) is 9.59 Å². The number of carbonyl (C=O) groups excluding carboxylic acids is 2. The number of benzene rings is 1. The lowest BCUT2D eigenvalue weighted by molar-refractivity contribution is -0.141. The minimum atomic E-state index is 0.0504. The standard InChI is InChI=1S/C19H26N2O2/c1-14(15-6-4-3-5-7-15)20(2)18(22)17-10-12-21(13-11-17)19(23)16-8-9-16/h3-7,14,16-17H,8-13H2,1-2H3. The summed E-state index contributed by atoms with van der Waals surface area (Å²) < 4.78 is 0. The molecule has 0 N–H and O–H groups in total. The predicted octanol–water partition coefficient (Wildman–Crippen LogP) is 2.85. The predicted molar refractivity (Wildman–Crippen MR) is 89.7 cm³/mol. The van der Waals surface area contributed by atoms with Crippen LogP contribution in [-0.2, 0) is 9.59 Å². The molecule has 1 aromatic rings. The summed E-state index contributed by atoms with van der Waals surface area (Å²) in [5, 5.41) is 0. The third-order valence-corrected chi connectivity index (χ3v) is 5.29. The maximum atomic E-state index is 12.8. The molecule has 23 heavy (non-hydrogen) atoms. The highest BCUT2D eigenvalue weighted by atomic mass is 16.2. The molecule has 3 rings (SSSR count). The molecule has 0 spiro atoms. The van der Waals surface area contributed by atoms with Crippen molar-refractivity contribution in [3.63, 3.8) is 0 Å². The number of piperidine rings is 1. The molecule has 1 aliphatic carbocycles. The molecule has 1 saturated heterocycles. The van der Waals surface area contributed by atoms with E-state index in [1.165, 1.54) is 0 Å². The molecule has 1 heterocycles.